The third-order valence-electron chi connectivity index (χ3n) is 8.76. The standard InChI is InChI=1S/C42H27NS/c1-3-12-28(13-4-1)31-22-32(29-14-5-2-6-15-29)24-33(23-31)30-16-11-17-34(25-30)43-39-20-9-7-18-35(39)37-27-42-38(26-40(37)43)36-19-8-10-21-41(36)44-42/h1-27H. The molecule has 0 amide bonds. The van der Waals surface area contributed by atoms with Crippen molar-refractivity contribution in [2.75, 3.05) is 0 Å². The Bertz CT molecular complexity index is 2420. The lowest BCUT2D eigenvalue weighted by molar-refractivity contribution is 1.18. The molecule has 0 bridgehead atoms. The number of rotatable bonds is 4. The molecule has 7 aromatic carbocycles. The van der Waals surface area contributed by atoms with Crippen molar-refractivity contribution in [2.24, 2.45) is 0 Å². The Balaban J connectivity index is 1.27. The maximum Gasteiger partial charge on any atom is 0.0548 e. The Morgan fingerprint density at radius 3 is 1.64 bits per heavy atom. The van der Waals surface area contributed by atoms with Gasteiger partial charge in [-0.2, -0.15) is 0 Å². The minimum Gasteiger partial charge on any atom is -0.309 e. The minimum atomic E-state index is 1.17. The summed E-state index contributed by atoms with van der Waals surface area (Å²) in [4.78, 5) is 0. The van der Waals surface area contributed by atoms with Crippen LogP contribution in [-0.4, -0.2) is 4.57 Å². The summed E-state index contributed by atoms with van der Waals surface area (Å²) in [6, 6.07) is 59.7. The summed E-state index contributed by atoms with van der Waals surface area (Å²) in [7, 11) is 0. The molecule has 44 heavy (non-hydrogen) atoms. The zero-order chi connectivity index (χ0) is 29.0. The van der Waals surface area contributed by atoms with Gasteiger partial charge in [0.25, 0.3) is 0 Å². The number of fused-ring (bicyclic) bond motifs is 6. The molecule has 0 N–H and O–H groups in total. The van der Waals surface area contributed by atoms with Crippen LogP contribution < -0.4 is 0 Å². The highest BCUT2D eigenvalue weighted by atomic mass is 32.1. The van der Waals surface area contributed by atoms with Crippen molar-refractivity contribution >= 4 is 53.3 Å². The predicted octanol–water partition coefficient (Wildman–Crippen LogP) is 12.2. The fraction of sp³-hybridized carbons (Fsp3) is 0. The Morgan fingerprint density at radius 1 is 0.318 bits per heavy atom. The third-order valence-corrected chi connectivity index (χ3v) is 9.89. The lowest BCUT2D eigenvalue weighted by Crippen LogP contribution is -1.94. The van der Waals surface area contributed by atoms with Crippen LogP contribution in [0.3, 0.4) is 0 Å². The molecule has 0 spiro atoms. The zero-order valence-electron chi connectivity index (χ0n) is 23.9. The molecule has 0 fully saturated rings. The fourth-order valence-corrected chi connectivity index (χ4v) is 7.81. The van der Waals surface area contributed by atoms with Crippen molar-refractivity contribution < 1.29 is 0 Å². The van der Waals surface area contributed by atoms with Crippen molar-refractivity contribution in [1.82, 2.24) is 4.57 Å². The smallest absolute Gasteiger partial charge is 0.0548 e. The van der Waals surface area contributed by atoms with Crippen LogP contribution in [0.2, 0.25) is 0 Å². The summed E-state index contributed by atoms with van der Waals surface area (Å²) in [6.45, 7) is 0. The molecule has 206 valence electrons. The van der Waals surface area contributed by atoms with E-state index in [-0.39, 0.29) is 0 Å². The largest absolute Gasteiger partial charge is 0.309 e. The van der Waals surface area contributed by atoms with Gasteiger partial charge in [0.15, 0.2) is 0 Å². The molecule has 0 unspecified atom stereocenters. The first-order valence-corrected chi connectivity index (χ1v) is 15.8. The van der Waals surface area contributed by atoms with Crippen molar-refractivity contribution in [3.05, 3.63) is 164 Å². The molecule has 0 saturated carbocycles. The van der Waals surface area contributed by atoms with Gasteiger partial charge in [0.1, 0.15) is 0 Å². The van der Waals surface area contributed by atoms with Crippen LogP contribution >= 0.6 is 11.3 Å². The highest BCUT2D eigenvalue weighted by Crippen LogP contribution is 2.41. The van der Waals surface area contributed by atoms with Gasteiger partial charge in [-0.05, 0) is 88.0 Å². The monoisotopic (exact) mass is 577 g/mol. The van der Waals surface area contributed by atoms with E-state index in [0.29, 0.717) is 0 Å². The van der Waals surface area contributed by atoms with Gasteiger partial charge in [0.05, 0.1) is 11.0 Å². The maximum absolute atomic E-state index is 2.44. The molecule has 9 aromatic rings. The minimum absolute atomic E-state index is 1.17. The van der Waals surface area contributed by atoms with Gasteiger partial charge in [0.2, 0.25) is 0 Å². The number of nitrogens with zero attached hydrogens (tertiary/aromatic N) is 1. The van der Waals surface area contributed by atoms with E-state index in [1.165, 1.54) is 81.0 Å². The molecular weight excluding hydrogens is 551 g/mol. The molecule has 2 aromatic heterocycles. The van der Waals surface area contributed by atoms with Crippen LogP contribution in [0.1, 0.15) is 0 Å². The van der Waals surface area contributed by atoms with Crippen LogP contribution in [0.5, 0.6) is 0 Å². The van der Waals surface area contributed by atoms with Gasteiger partial charge in [-0.15, -0.1) is 11.3 Å². The Morgan fingerprint density at radius 2 is 0.909 bits per heavy atom. The summed E-state index contributed by atoms with van der Waals surface area (Å²) in [5, 5.41) is 5.22. The molecular formula is C42H27NS. The average molecular weight is 578 g/mol. The van der Waals surface area contributed by atoms with Gasteiger partial charge in [-0.3, -0.25) is 0 Å². The van der Waals surface area contributed by atoms with Gasteiger partial charge < -0.3 is 4.57 Å². The number of para-hydroxylation sites is 1. The van der Waals surface area contributed by atoms with Crippen LogP contribution in [0.15, 0.2) is 164 Å². The molecule has 0 radical (unpaired) electrons. The van der Waals surface area contributed by atoms with E-state index in [4.69, 9.17) is 0 Å². The van der Waals surface area contributed by atoms with Gasteiger partial charge >= 0.3 is 0 Å². The van der Waals surface area contributed by atoms with E-state index < -0.39 is 0 Å². The maximum atomic E-state index is 2.44. The molecule has 9 rings (SSSR count). The van der Waals surface area contributed by atoms with Gasteiger partial charge in [-0.1, -0.05) is 109 Å². The number of benzene rings is 7. The first-order valence-electron chi connectivity index (χ1n) is 15.0. The van der Waals surface area contributed by atoms with Crippen LogP contribution in [0, 0.1) is 0 Å². The highest BCUT2D eigenvalue weighted by molar-refractivity contribution is 7.25. The van der Waals surface area contributed by atoms with E-state index in [1.54, 1.807) is 0 Å². The zero-order valence-corrected chi connectivity index (χ0v) is 24.8. The van der Waals surface area contributed by atoms with Crippen LogP contribution in [-0.2, 0) is 0 Å². The number of hydrogen-bond acceptors (Lipinski definition) is 1. The first-order chi connectivity index (χ1) is 21.8. The van der Waals surface area contributed by atoms with Crippen LogP contribution in [0.25, 0.3) is 81.0 Å². The second-order valence-electron chi connectivity index (χ2n) is 11.4. The number of thiophene rings is 1. The molecule has 2 heterocycles. The SMILES string of the molecule is c1ccc(-c2cc(-c3ccccc3)cc(-c3cccc(-n4c5ccccc5c5cc6sc7ccccc7c6cc54)c3)c2)cc1. The molecule has 0 atom stereocenters. The average Bonchev–Trinajstić information content (AvgIpc) is 3.62. The summed E-state index contributed by atoms with van der Waals surface area (Å²) < 4.78 is 5.11. The lowest BCUT2D eigenvalue weighted by atomic mass is 9.93. The summed E-state index contributed by atoms with van der Waals surface area (Å²) in [5.74, 6) is 0. The fourth-order valence-electron chi connectivity index (χ4n) is 6.68. The summed E-state index contributed by atoms with van der Waals surface area (Å²) in [6.07, 6.45) is 0. The van der Waals surface area contributed by atoms with E-state index in [2.05, 4.69) is 168 Å². The van der Waals surface area contributed by atoms with Crippen molar-refractivity contribution in [3.8, 4) is 39.1 Å². The quantitative estimate of drug-likeness (QED) is 0.196. The molecule has 0 aliphatic carbocycles. The third kappa shape index (κ3) is 4.07. The first kappa shape index (κ1) is 25.1. The van der Waals surface area contributed by atoms with E-state index >= 15 is 0 Å². The van der Waals surface area contributed by atoms with Crippen molar-refractivity contribution in [1.29, 1.82) is 0 Å². The molecule has 0 aliphatic rings. The summed E-state index contributed by atoms with van der Waals surface area (Å²) in [5.41, 5.74) is 10.9. The topological polar surface area (TPSA) is 4.93 Å². The molecule has 0 saturated heterocycles. The molecule has 1 nitrogen and oxygen atoms in total. The Kier molecular flexibility index (Phi) is 5.75. The predicted molar refractivity (Wildman–Crippen MR) is 190 cm³/mol. The lowest BCUT2D eigenvalue weighted by Gasteiger charge is -2.13. The highest BCUT2D eigenvalue weighted by Gasteiger charge is 2.16. The molecule has 2 heteroatoms. The second kappa shape index (κ2) is 10.1. The number of hydrogen-bond donors (Lipinski definition) is 0. The van der Waals surface area contributed by atoms with Crippen molar-refractivity contribution in [3.63, 3.8) is 0 Å². The number of aromatic nitrogens is 1. The summed E-state index contributed by atoms with van der Waals surface area (Å²) >= 11 is 1.88. The molecule has 0 aliphatic heterocycles. The normalized spacial score (nSPS) is 11.6. The van der Waals surface area contributed by atoms with E-state index in [9.17, 15) is 0 Å². The van der Waals surface area contributed by atoms with E-state index in [1.807, 2.05) is 11.3 Å². The van der Waals surface area contributed by atoms with E-state index in [0.717, 1.165) is 0 Å². The van der Waals surface area contributed by atoms with Crippen molar-refractivity contribution in [2.45, 2.75) is 0 Å². The Hall–Kier alpha value is -5.44. The van der Waals surface area contributed by atoms with Gasteiger partial charge in [0, 0.05) is 36.6 Å². The second-order valence-corrected chi connectivity index (χ2v) is 12.5. The Labute approximate surface area is 259 Å². The van der Waals surface area contributed by atoms with Gasteiger partial charge in [-0.25, -0.2) is 0 Å². The van der Waals surface area contributed by atoms with Crippen LogP contribution in [0.4, 0.5) is 0 Å².